The number of carbonyl (C=O) groups excluding carboxylic acids is 1. The predicted octanol–water partition coefficient (Wildman–Crippen LogP) is 3.72. The van der Waals surface area contributed by atoms with Crippen LogP contribution in [0.3, 0.4) is 0 Å². The van der Waals surface area contributed by atoms with E-state index in [9.17, 15) is 9.18 Å². The third-order valence-electron chi connectivity index (χ3n) is 4.51. The van der Waals surface area contributed by atoms with Gasteiger partial charge in [-0.15, -0.1) is 0 Å². The fraction of sp³-hybridized carbons (Fsp3) is 0.476. The normalized spacial score (nSPS) is 16.6. The van der Waals surface area contributed by atoms with Crippen LogP contribution >= 0.6 is 0 Å². The molecule has 1 aliphatic rings. The zero-order valence-corrected chi connectivity index (χ0v) is 15.4. The molecule has 146 valence electrons. The van der Waals surface area contributed by atoms with Gasteiger partial charge in [0.2, 0.25) is 5.91 Å². The fourth-order valence-electron chi connectivity index (χ4n) is 3.04. The molecule has 1 saturated heterocycles. The number of ether oxygens (including phenoxy) is 2. The minimum Gasteiger partial charge on any atom is -0.461 e. The van der Waals surface area contributed by atoms with E-state index in [1.54, 1.807) is 30.3 Å². The summed E-state index contributed by atoms with van der Waals surface area (Å²) < 4.78 is 30.5. The van der Waals surface area contributed by atoms with Crippen LogP contribution in [0.4, 0.5) is 4.39 Å². The van der Waals surface area contributed by atoms with Crippen LogP contribution in [0.5, 0.6) is 0 Å². The zero-order valence-electron chi connectivity index (χ0n) is 15.4. The number of aryl methyl sites for hydroxylation is 1. The van der Waals surface area contributed by atoms with Crippen LogP contribution in [0.15, 0.2) is 40.8 Å². The minimum absolute atomic E-state index is 0.0297. The molecule has 1 fully saturated rings. The number of halogens is 1. The largest absolute Gasteiger partial charge is 0.461 e. The number of furan rings is 1. The maximum absolute atomic E-state index is 13.8. The summed E-state index contributed by atoms with van der Waals surface area (Å²) in [5.74, 6) is 0.797. The van der Waals surface area contributed by atoms with Crippen molar-refractivity contribution in [1.29, 1.82) is 0 Å². The van der Waals surface area contributed by atoms with Crippen LogP contribution < -0.4 is 5.32 Å². The molecule has 1 amide bonds. The number of benzene rings is 1. The summed E-state index contributed by atoms with van der Waals surface area (Å²) in [4.78, 5) is 11.9. The summed E-state index contributed by atoms with van der Waals surface area (Å²) in [6.07, 6.45) is 4.01. The third kappa shape index (κ3) is 6.19. The number of carbonyl (C=O) groups is 1. The quantitative estimate of drug-likeness (QED) is 0.643. The van der Waals surface area contributed by atoms with Gasteiger partial charge in [0, 0.05) is 32.6 Å². The van der Waals surface area contributed by atoms with Crippen molar-refractivity contribution in [3.63, 3.8) is 0 Å². The molecule has 1 aromatic carbocycles. The lowest BCUT2D eigenvalue weighted by atomic mass is 10.1. The Morgan fingerprint density at radius 3 is 2.96 bits per heavy atom. The van der Waals surface area contributed by atoms with E-state index in [0.29, 0.717) is 49.7 Å². The molecule has 2 aromatic rings. The van der Waals surface area contributed by atoms with Gasteiger partial charge in [-0.2, -0.15) is 0 Å². The highest BCUT2D eigenvalue weighted by Gasteiger charge is 2.15. The first-order valence-electron chi connectivity index (χ1n) is 9.52. The Balaban J connectivity index is 1.29. The molecule has 5 nitrogen and oxygen atoms in total. The van der Waals surface area contributed by atoms with E-state index >= 15 is 0 Å². The van der Waals surface area contributed by atoms with Gasteiger partial charge in [-0.25, -0.2) is 4.39 Å². The Bertz CT molecular complexity index is 724. The van der Waals surface area contributed by atoms with Gasteiger partial charge in [0.05, 0.1) is 18.3 Å². The van der Waals surface area contributed by atoms with Crippen LogP contribution in [0.25, 0.3) is 11.3 Å². The lowest BCUT2D eigenvalue weighted by molar-refractivity contribution is -0.121. The van der Waals surface area contributed by atoms with Crippen LogP contribution in [0, 0.1) is 5.82 Å². The maximum atomic E-state index is 13.8. The molecule has 27 heavy (non-hydrogen) atoms. The van der Waals surface area contributed by atoms with Crippen LogP contribution in [-0.4, -0.2) is 38.4 Å². The molecule has 1 aromatic heterocycles. The highest BCUT2D eigenvalue weighted by atomic mass is 19.1. The second-order valence-corrected chi connectivity index (χ2v) is 6.66. The van der Waals surface area contributed by atoms with Gasteiger partial charge >= 0.3 is 0 Å². The van der Waals surface area contributed by atoms with Crippen molar-refractivity contribution < 1.29 is 23.1 Å². The Labute approximate surface area is 158 Å². The molecule has 0 saturated carbocycles. The molecule has 1 aliphatic heterocycles. The van der Waals surface area contributed by atoms with Crippen LogP contribution in [0.1, 0.15) is 31.4 Å². The predicted molar refractivity (Wildman–Crippen MR) is 99.8 cm³/mol. The number of rotatable bonds is 10. The standard InChI is InChI=1S/C21H26FNO4/c22-19-7-2-1-6-18(19)20-10-8-16(27-20)9-11-21(24)23-12-4-13-25-15-17-5-3-14-26-17/h1-2,6-8,10,17H,3-5,9,11-15H2,(H,23,24). The van der Waals surface area contributed by atoms with E-state index in [4.69, 9.17) is 13.9 Å². The van der Waals surface area contributed by atoms with Gasteiger partial charge in [0.1, 0.15) is 17.3 Å². The molecular formula is C21H26FNO4. The van der Waals surface area contributed by atoms with E-state index in [0.717, 1.165) is 25.9 Å². The van der Waals surface area contributed by atoms with Gasteiger partial charge in [-0.05, 0) is 43.5 Å². The van der Waals surface area contributed by atoms with Crippen LogP contribution in [0.2, 0.25) is 0 Å². The van der Waals surface area contributed by atoms with Crippen LogP contribution in [-0.2, 0) is 20.7 Å². The third-order valence-corrected chi connectivity index (χ3v) is 4.51. The fourth-order valence-corrected chi connectivity index (χ4v) is 3.04. The van der Waals surface area contributed by atoms with E-state index in [1.165, 1.54) is 6.07 Å². The number of nitrogens with one attached hydrogen (secondary N) is 1. The molecule has 2 heterocycles. The van der Waals surface area contributed by atoms with Crippen molar-refractivity contribution in [2.45, 2.75) is 38.2 Å². The average molecular weight is 375 g/mol. The van der Waals surface area contributed by atoms with Gasteiger partial charge in [0.15, 0.2) is 0 Å². The Hall–Kier alpha value is -2.18. The molecule has 0 radical (unpaired) electrons. The second kappa shape index (κ2) is 10.2. The molecule has 0 aliphatic carbocycles. The first-order chi connectivity index (χ1) is 13.2. The summed E-state index contributed by atoms with van der Waals surface area (Å²) in [7, 11) is 0. The van der Waals surface area contributed by atoms with Gasteiger partial charge in [-0.1, -0.05) is 12.1 Å². The van der Waals surface area contributed by atoms with Gasteiger partial charge in [0.25, 0.3) is 0 Å². The SMILES string of the molecule is O=C(CCc1ccc(-c2ccccc2F)o1)NCCCOCC1CCCO1. The topological polar surface area (TPSA) is 60.7 Å². The average Bonchev–Trinajstić information content (AvgIpc) is 3.35. The van der Waals surface area contributed by atoms with E-state index in [2.05, 4.69) is 5.32 Å². The number of amides is 1. The molecule has 6 heteroatoms. The Kier molecular flexibility index (Phi) is 7.42. The van der Waals surface area contributed by atoms with Gasteiger partial charge < -0.3 is 19.2 Å². The Morgan fingerprint density at radius 2 is 2.15 bits per heavy atom. The molecule has 1 unspecified atom stereocenters. The number of hydrogen-bond donors (Lipinski definition) is 1. The molecule has 0 bridgehead atoms. The maximum Gasteiger partial charge on any atom is 0.220 e. The summed E-state index contributed by atoms with van der Waals surface area (Å²) >= 11 is 0. The first kappa shape index (κ1) is 19.6. The minimum atomic E-state index is -0.321. The van der Waals surface area contributed by atoms with Gasteiger partial charge in [-0.3, -0.25) is 4.79 Å². The van der Waals surface area contributed by atoms with E-state index in [-0.39, 0.29) is 17.8 Å². The highest BCUT2D eigenvalue weighted by molar-refractivity contribution is 5.76. The second-order valence-electron chi connectivity index (χ2n) is 6.66. The van der Waals surface area contributed by atoms with Crippen molar-refractivity contribution in [2.75, 3.05) is 26.4 Å². The molecule has 3 rings (SSSR count). The van der Waals surface area contributed by atoms with Crippen molar-refractivity contribution in [2.24, 2.45) is 0 Å². The van der Waals surface area contributed by atoms with Crippen molar-refractivity contribution >= 4 is 5.91 Å². The summed E-state index contributed by atoms with van der Waals surface area (Å²) in [6.45, 7) is 2.67. The van der Waals surface area contributed by atoms with Crippen molar-refractivity contribution in [3.8, 4) is 11.3 Å². The lowest BCUT2D eigenvalue weighted by Crippen LogP contribution is -2.25. The van der Waals surface area contributed by atoms with Crippen molar-refractivity contribution in [1.82, 2.24) is 5.32 Å². The molecule has 1 atom stereocenters. The highest BCUT2D eigenvalue weighted by Crippen LogP contribution is 2.25. The molecule has 0 spiro atoms. The van der Waals surface area contributed by atoms with E-state index < -0.39 is 0 Å². The lowest BCUT2D eigenvalue weighted by Gasteiger charge is -2.10. The smallest absolute Gasteiger partial charge is 0.220 e. The van der Waals surface area contributed by atoms with E-state index in [1.807, 2.05) is 0 Å². The summed E-state index contributed by atoms with van der Waals surface area (Å²) in [5.41, 5.74) is 0.427. The first-order valence-corrected chi connectivity index (χ1v) is 9.52. The Morgan fingerprint density at radius 1 is 1.26 bits per heavy atom. The monoisotopic (exact) mass is 375 g/mol. The molecular weight excluding hydrogens is 349 g/mol. The number of hydrogen-bond acceptors (Lipinski definition) is 4. The zero-order chi connectivity index (χ0) is 18.9. The van der Waals surface area contributed by atoms with Crippen molar-refractivity contribution in [3.05, 3.63) is 48.0 Å². The molecule has 1 N–H and O–H groups in total. The summed E-state index contributed by atoms with van der Waals surface area (Å²) in [5, 5.41) is 2.88. The summed E-state index contributed by atoms with van der Waals surface area (Å²) in [6, 6.07) is 9.99.